The lowest BCUT2D eigenvalue weighted by Gasteiger charge is -2.26. The number of hydrogen-bond acceptors (Lipinski definition) is 5. The van der Waals surface area contributed by atoms with Gasteiger partial charge in [-0.3, -0.25) is 9.71 Å². The minimum atomic E-state index is -3.40. The highest BCUT2D eigenvalue weighted by atomic mass is 79.9. The van der Waals surface area contributed by atoms with Crippen LogP contribution in [-0.4, -0.2) is 24.8 Å². The number of nitrogens with zero attached hydrogens (tertiary/aromatic N) is 2. The first-order valence-electron chi connectivity index (χ1n) is 10.8. The lowest BCUT2D eigenvalue weighted by Crippen LogP contribution is -2.29. The molecule has 2 atom stereocenters. The standard InChI is InChI=1S/C25H20BrFN4O3S2/c1-36(32,33)30-16-6-8-17(9-7-16)31-24(23(29-25(31)35)20-4-2-3-13-28-20)22-12-11-21(34-22)18-10-5-15(27)14-19(18)26/h2-14,23-24,30H,1H3,(H,29,35)/t23-,24-/m0/s1. The van der Waals surface area contributed by atoms with Crippen molar-refractivity contribution in [3.8, 4) is 11.3 Å². The second-order valence-electron chi connectivity index (χ2n) is 8.24. The summed E-state index contributed by atoms with van der Waals surface area (Å²) in [6.07, 6.45) is 2.82. The number of thiocarbonyl (C=S) groups is 1. The van der Waals surface area contributed by atoms with E-state index in [0.717, 1.165) is 17.6 Å². The van der Waals surface area contributed by atoms with E-state index in [0.29, 0.717) is 32.4 Å². The van der Waals surface area contributed by atoms with Gasteiger partial charge in [-0.1, -0.05) is 6.07 Å². The third-order valence-electron chi connectivity index (χ3n) is 5.66. The van der Waals surface area contributed by atoms with Crippen molar-refractivity contribution in [1.29, 1.82) is 0 Å². The number of pyridine rings is 1. The van der Waals surface area contributed by atoms with Gasteiger partial charge >= 0.3 is 0 Å². The second kappa shape index (κ2) is 9.64. The molecule has 2 N–H and O–H groups in total. The fourth-order valence-corrected chi connectivity index (χ4v) is 5.63. The van der Waals surface area contributed by atoms with Gasteiger partial charge in [-0.2, -0.15) is 0 Å². The van der Waals surface area contributed by atoms with E-state index in [4.69, 9.17) is 16.6 Å². The summed E-state index contributed by atoms with van der Waals surface area (Å²) in [5, 5.41) is 3.83. The zero-order chi connectivity index (χ0) is 25.4. The van der Waals surface area contributed by atoms with Gasteiger partial charge in [0, 0.05) is 27.6 Å². The van der Waals surface area contributed by atoms with Gasteiger partial charge in [0.05, 0.1) is 18.0 Å². The Morgan fingerprint density at radius 2 is 1.89 bits per heavy atom. The van der Waals surface area contributed by atoms with Crippen LogP contribution in [0.15, 0.2) is 87.9 Å². The highest BCUT2D eigenvalue weighted by molar-refractivity contribution is 9.10. The van der Waals surface area contributed by atoms with Crippen molar-refractivity contribution in [2.45, 2.75) is 12.1 Å². The molecule has 0 saturated carbocycles. The summed E-state index contributed by atoms with van der Waals surface area (Å²) in [6.45, 7) is 0. The molecule has 0 amide bonds. The predicted molar refractivity (Wildman–Crippen MR) is 145 cm³/mol. The molecule has 2 aromatic heterocycles. The normalized spacial score (nSPS) is 17.8. The van der Waals surface area contributed by atoms with Gasteiger partial charge in [-0.05, 0) is 94.9 Å². The van der Waals surface area contributed by atoms with Gasteiger partial charge in [0.2, 0.25) is 10.0 Å². The number of hydrogen-bond donors (Lipinski definition) is 2. The van der Waals surface area contributed by atoms with Crippen LogP contribution >= 0.6 is 28.1 Å². The average molecular weight is 587 g/mol. The van der Waals surface area contributed by atoms with Crippen LogP contribution in [0.2, 0.25) is 0 Å². The third kappa shape index (κ3) is 4.99. The Morgan fingerprint density at radius 1 is 1.11 bits per heavy atom. The van der Waals surface area contributed by atoms with Crippen LogP contribution < -0.4 is 14.9 Å². The average Bonchev–Trinajstić information content (AvgIpc) is 3.44. The van der Waals surface area contributed by atoms with Crippen LogP contribution in [0, 0.1) is 5.82 Å². The lowest BCUT2D eigenvalue weighted by molar-refractivity contribution is 0.439. The number of halogens is 2. The van der Waals surface area contributed by atoms with Gasteiger partial charge in [-0.25, -0.2) is 12.8 Å². The van der Waals surface area contributed by atoms with Gasteiger partial charge in [0.15, 0.2) is 5.11 Å². The molecule has 1 fully saturated rings. The molecular formula is C25H20BrFN4O3S2. The number of benzene rings is 2. The first-order valence-corrected chi connectivity index (χ1v) is 13.9. The molecule has 4 aromatic rings. The van der Waals surface area contributed by atoms with Gasteiger partial charge in [-0.15, -0.1) is 0 Å². The van der Waals surface area contributed by atoms with E-state index in [2.05, 4.69) is 31.0 Å². The van der Waals surface area contributed by atoms with Crippen LogP contribution in [0.4, 0.5) is 15.8 Å². The minimum Gasteiger partial charge on any atom is -0.459 e. The SMILES string of the molecule is CS(=O)(=O)Nc1ccc(N2C(=S)N[C@@H](c3ccccn3)[C@@H]2c2ccc(-c3ccc(F)cc3Br)o2)cc1. The van der Waals surface area contributed by atoms with Crippen molar-refractivity contribution in [2.75, 3.05) is 15.9 Å². The number of rotatable bonds is 6. The van der Waals surface area contributed by atoms with Crippen LogP contribution in [0.3, 0.4) is 0 Å². The highest BCUT2D eigenvalue weighted by Crippen LogP contribution is 2.43. The Bertz CT molecular complexity index is 1530. The van der Waals surface area contributed by atoms with Gasteiger partial charge in [0.25, 0.3) is 0 Å². The number of furan rings is 1. The minimum absolute atomic E-state index is 0.317. The molecule has 1 aliphatic heterocycles. The Hall–Kier alpha value is -3.28. The highest BCUT2D eigenvalue weighted by Gasteiger charge is 2.42. The quantitative estimate of drug-likeness (QED) is 0.276. The number of nitrogens with one attached hydrogen (secondary N) is 2. The zero-order valence-corrected chi connectivity index (χ0v) is 22.1. The van der Waals surface area contributed by atoms with Crippen LogP contribution in [0.5, 0.6) is 0 Å². The maximum Gasteiger partial charge on any atom is 0.229 e. The molecule has 0 unspecified atom stereocenters. The maximum atomic E-state index is 13.6. The molecule has 184 valence electrons. The fraction of sp³-hybridized carbons (Fsp3) is 0.120. The summed E-state index contributed by atoms with van der Waals surface area (Å²) in [4.78, 5) is 6.44. The summed E-state index contributed by atoms with van der Waals surface area (Å²) in [6, 6.07) is 20.0. The largest absolute Gasteiger partial charge is 0.459 e. The summed E-state index contributed by atoms with van der Waals surface area (Å²) in [7, 11) is -3.40. The lowest BCUT2D eigenvalue weighted by atomic mass is 10.0. The van der Waals surface area contributed by atoms with E-state index in [1.807, 2.05) is 35.2 Å². The van der Waals surface area contributed by atoms with E-state index in [1.54, 1.807) is 36.5 Å². The summed E-state index contributed by atoms with van der Waals surface area (Å²) in [5.41, 5.74) is 2.69. The van der Waals surface area contributed by atoms with Crippen LogP contribution in [-0.2, 0) is 10.0 Å². The third-order valence-corrected chi connectivity index (χ3v) is 7.24. The molecule has 11 heteroatoms. The molecule has 0 aliphatic carbocycles. The van der Waals surface area contributed by atoms with Crippen molar-refractivity contribution in [1.82, 2.24) is 10.3 Å². The molecular weight excluding hydrogens is 567 g/mol. The molecule has 7 nitrogen and oxygen atoms in total. The summed E-state index contributed by atoms with van der Waals surface area (Å²) < 4.78 is 46.2. The topological polar surface area (TPSA) is 87.5 Å². The zero-order valence-electron chi connectivity index (χ0n) is 18.9. The fourth-order valence-electron chi connectivity index (χ4n) is 4.17. The molecule has 0 bridgehead atoms. The first kappa shape index (κ1) is 24.4. The van der Waals surface area contributed by atoms with Crippen molar-refractivity contribution in [3.05, 3.63) is 101 Å². The number of sulfonamides is 1. The van der Waals surface area contributed by atoms with E-state index in [9.17, 15) is 12.8 Å². The summed E-state index contributed by atoms with van der Waals surface area (Å²) >= 11 is 9.13. The van der Waals surface area contributed by atoms with E-state index < -0.39 is 16.1 Å². The Kier molecular flexibility index (Phi) is 6.54. The Labute approximate surface area is 221 Å². The molecule has 5 rings (SSSR count). The van der Waals surface area contributed by atoms with Gasteiger partial charge < -0.3 is 14.6 Å². The molecule has 1 saturated heterocycles. The molecule has 0 radical (unpaired) electrons. The van der Waals surface area contributed by atoms with Crippen molar-refractivity contribution < 1.29 is 17.2 Å². The number of anilines is 2. The van der Waals surface area contributed by atoms with Crippen LogP contribution in [0.1, 0.15) is 23.5 Å². The summed E-state index contributed by atoms with van der Waals surface area (Å²) in [5.74, 6) is 0.850. The number of aromatic nitrogens is 1. The predicted octanol–water partition coefficient (Wildman–Crippen LogP) is 5.79. The Morgan fingerprint density at radius 3 is 2.56 bits per heavy atom. The molecule has 2 aromatic carbocycles. The maximum absolute atomic E-state index is 13.6. The van der Waals surface area contributed by atoms with E-state index in [-0.39, 0.29) is 11.9 Å². The van der Waals surface area contributed by atoms with Crippen molar-refractivity contribution in [3.63, 3.8) is 0 Å². The first-order chi connectivity index (χ1) is 17.2. The smallest absolute Gasteiger partial charge is 0.229 e. The van der Waals surface area contributed by atoms with Crippen molar-refractivity contribution in [2.24, 2.45) is 0 Å². The molecule has 36 heavy (non-hydrogen) atoms. The molecule has 0 spiro atoms. The monoisotopic (exact) mass is 586 g/mol. The second-order valence-corrected chi connectivity index (χ2v) is 11.2. The van der Waals surface area contributed by atoms with Crippen molar-refractivity contribution >= 4 is 54.7 Å². The van der Waals surface area contributed by atoms with E-state index >= 15 is 0 Å². The van der Waals surface area contributed by atoms with Crippen LogP contribution in [0.25, 0.3) is 11.3 Å². The van der Waals surface area contributed by atoms with Gasteiger partial charge in [0.1, 0.15) is 23.4 Å². The Balaban J connectivity index is 1.56. The van der Waals surface area contributed by atoms with E-state index in [1.165, 1.54) is 12.1 Å². The molecule has 3 heterocycles. The molecule has 1 aliphatic rings.